The van der Waals surface area contributed by atoms with Gasteiger partial charge < -0.3 is 0 Å². The Bertz CT molecular complexity index is 576. The molecule has 2 aromatic carbocycles. The molecule has 0 aliphatic heterocycles. The molecule has 0 saturated heterocycles. The van der Waals surface area contributed by atoms with Crippen molar-refractivity contribution in [2.24, 2.45) is 0 Å². The molecular formula is C16H14. The average molecular weight is 206 g/mol. The van der Waals surface area contributed by atoms with Crippen LogP contribution < -0.4 is 0 Å². The van der Waals surface area contributed by atoms with Gasteiger partial charge in [0.2, 0.25) is 0 Å². The molecule has 0 heterocycles. The van der Waals surface area contributed by atoms with Gasteiger partial charge in [0.25, 0.3) is 0 Å². The van der Waals surface area contributed by atoms with Gasteiger partial charge in [-0.2, -0.15) is 0 Å². The zero-order valence-corrected chi connectivity index (χ0v) is 9.19. The lowest BCUT2D eigenvalue weighted by Crippen LogP contribution is -2.01. The van der Waals surface area contributed by atoms with Crippen LogP contribution in [0.2, 0.25) is 0 Å². The average Bonchev–Trinajstić information content (AvgIpc) is 2.37. The van der Waals surface area contributed by atoms with Crippen LogP contribution >= 0.6 is 0 Å². The summed E-state index contributed by atoms with van der Waals surface area (Å²) in [5, 5.41) is 2.67. The van der Waals surface area contributed by atoms with E-state index in [1.807, 2.05) is 0 Å². The van der Waals surface area contributed by atoms with Gasteiger partial charge in [-0.05, 0) is 28.3 Å². The number of fused-ring (bicyclic) bond motifs is 3. The monoisotopic (exact) mass is 206 g/mol. The minimum Gasteiger partial charge on any atom is -0.102 e. The van der Waals surface area contributed by atoms with Crippen LogP contribution in [0, 0.1) is 0 Å². The van der Waals surface area contributed by atoms with Crippen molar-refractivity contribution < 1.29 is 0 Å². The van der Waals surface area contributed by atoms with E-state index in [9.17, 15) is 0 Å². The number of benzene rings is 2. The van der Waals surface area contributed by atoms with Crippen molar-refractivity contribution in [3.8, 4) is 0 Å². The number of hydrogen-bond acceptors (Lipinski definition) is 0. The maximum atomic E-state index is 3.93. The summed E-state index contributed by atoms with van der Waals surface area (Å²) >= 11 is 0. The molecular weight excluding hydrogens is 192 g/mol. The Morgan fingerprint density at radius 1 is 1.12 bits per heavy atom. The molecule has 0 bridgehead atoms. The molecule has 1 aliphatic carbocycles. The summed E-state index contributed by atoms with van der Waals surface area (Å²) in [7, 11) is 0. The molecule has 0 amide bonds. The van der Waals surface area contributed by atoms with E-state index < -0.39 is 0 Å². The van der Waals surface area contributed by atoms with Crippen LogP contribution in [-0.2, 0) is 0 Å². The van der Waals surface area contributed by atoms with Crippen LogP contribution in [0.1, 0.15) is 23.5 Å². The van der Waals surface area contributed by atoms with Gasteiger partial charge in [0.15, 0.2) is 0 Å². The minimum atomic E-state index is 0.476. The maximum Gasteiger partial charge on any atom is 0.00560 e. The van der Waals surface area contributed by atoms with Gasteiger partial charge in [-0.15, -0.1) is 6.58 Å². The Balaban J connectivity index is 2.35. The van der Waals surface area contributed by atoms with Gasteiger partial charge in [0, 0.05) is 5.92 Å². The van der Waals surface area contributed by atoms with Crippen molar-refractivity contribution in [3.63, 3.8) is 0 Å². The first-order chi connectivity index (χ1) is 7.90. The molecule has 0 spiro atoms. The van der Waals surface area contributed by atoms with Gasteiger partial charge in [-0.25, -0.2) is 0 Å². The molecule has 2 aromatic rings. The van der Waals surface area contributed by atoms with Crippen LogP contribution in [0.5, 0.6) is 0 Å². The second-order valence-corrected chi connectivity index (χ2v) is 4.27. The topological polar surface area (TPSA) is 0 Å². The molecule has 1 unspecified atom stereocenters. The van der Waals surface area contributed by atoms with Crippen LogP contribution in [0.15, 0.2) is 55.1 Å². The maximum absolute atomic E-state index is 3.93. The first-order valence-electron chi connectivity index (χ1n) is 5.71. The molecule has 0 saturated carbocycles. The molecule has 3 rings (SSSR count). The summed E-state index contributed by atoms with van der Waals surface area (Å²) < 4.78 is 0. The summed E-state index contributed by atoms with van der Waals surface area (Å²) in [6.07, 6.45) is 7.63. The molecule has 0 nitrogen and oxygen atoms in total. The van der Waals surface area contributed by atoms with Crippen molar-refractivity contribution in [3.05, 3.63) is 66.3 Å². The van der Waals surface area contributed by atoms with Crippen LogP contribution in [0.25, 0.3) is 16.8 Å². The summed E-state index contributed by atoms with van der Waals surface area (Å²) in [6.45, 7) is 3.93. The summed E-state index contributed by atoms with van der Waals surface area (Å²) in [6, 6.07) is 13.0. The molecule has 0 radical (unpaired) electrons. The van der Waals surface area contributed by atoms with E-state index >= 15 is 0 Å². The summed E-state index contributed by atoms with van der Waals surface area (Å²) in [4.78, 5) is 0. The van der Waals surface area contributed by atoms with Gasteiger partial charge in [-0.1, -0.05) is 54.6 Å². The summed E-state index contributed by atoms with van der Waals surface area (Å²) in [5.41, 5.74) is 2.78. The second-order valence-electron chi connectivity index (χ2n) is 4.27. The molecule has 78 valence electrons. The van der Waals surface area contributed by atoms with Gasteiger partial charge in [-0.3, -0.25) is 0 Å². The van der Waals surface area contributed by atoms with Crippen molar-refractivity contribution in [1.29, 1.82) is 0 Å². The van der Waals surface area contributed by atoms with Crippen LogP contribution in [0.4, 0.5) is 0 Å². The van der Waals surface area contributed by atoms with Crippen molar-refractivity contribution in [2.45, 2.75) is 12.3 Å². The molecule has 1 atom stereocenters. The van der Waals surface area contributed by atoms with E-state index in [1.54, 1.807) is 0 Å². The first kappa shape index (κ1) is 9.41. The fourth-order valence-electron chi connectivity index (χ4n) is 2.50. The van der Waals surface area contributed by atoms with E-state index in [0.717, 1.165) is 6.42 Å². The highest BCUT2D eigenvalue weighted by Crippen LogP contribution is 2.34. The fourth-order valence-corrected chi connectivity index (χ4v) is 2.50. The SMILES string of the molecule is C=CC1CC=Cc2c1ccc1ccccc21. The molecule has 0 heteroatoms. The van der Waals surface area contributed by atoms with Crippen molar-refractivity contribution in [2.75, 3.05) is 0 Å². The van der Waals surface area contributed by atoms with Crippen LogP contribution in [0.3, 0.4) is 0 Å². The number of allylic oxidation sites excluding steroid dienone is 2. The third-order valence-electron chi connectivity index (χ3n) is 3.36. The third kappa shape index (κ3) is 1.30. The smallest absolute Gasteiger partial charge is 0.00560 e. The predicted octanol–water partition coefficient (Wildman–Crippen LogP) is 4.53. The highest BCUT2D eigenvalue weighted by atomic mass is 14.2. The highest BCUT2D eigenvalue weighted by Gasteiger charge is 2.15. The minimum absolute atomic E-state index is 0.476. The first-order valence-corrected chi connectivity index (χ1v) is 5.71. The number of rotatable bonds is 1. The third-order valence-corrected chi connectivity index (χ3v) is 3.36. The highest BCUT2D eigenvalue weighted by molar-refractivity contribution is 5.92. The van der Waals surface area contributed by atoms with E-state index in [4.69, 9.17) is 0 Å². The Labute approximate surface area is 95.9 Å². The van der Waals surface area contributed by atoms with E-state index in [1.165, 1.54) is 21.9 Å². The summed E-state index contributed by atoms with van der Waals surface area (Å²) in [5.74, 6) is 0.476. The van der Waals surface area contributed by atoms with E-state index in [0.29, 0.717) is 5.92 Å². The zero-order chi connectivity index (χ0) is 11.0. The van der Waals surface area contributed by atoms with Crippen molar-refractivity contribution in [1.82, 2.24) is 0 Å². The lowest BCUT2D eigenvalue weighted by Gasteiger charge is -2.20. The molecule has 16 heavy (non-hydrogen) atoms. The lowest BCUT2D eigenvalue weighted by atomic mass is 9.84. The molecule has 0 aromatic heterocycles. The Hall–Kier alpha value is -1.82. The van der Waals surface area contributed by atoms with Gasteiger partial charge in [0.05, 0.1) is 0 Å². The lowest BCUT2D eigenvalue weighted by molar-refractivity contribution is 0.857. The Morgan fingerprint density at radius 3 is 2.88 bits per heavy atom. The molecule has 0 fully saturated rings. The van der Waals surface area contributed by atoms with Gasteiger partial charge in [0.1, 0.15) is 0 Å². The quantitative estimate of drug-likeness (QED) is 0.601. The van der Waals surface area contributed by atoms with E-state index in [-0.39, 0.29) is 0 Å². The standard InChI is InChI=1S/C16H14/c1-2-12-7-5-9-16-14-8-4-3-6-13(14)10-11-15(12)16/h2-6,8-12H,1,7H2. The van der Waals surface area contributed by atoms with Crippen molar-refractivity contribution >= 4 is 16.8 Å². The van der Waals surface area contributed by atoms with Crippen LogP contribution in [-0.4, -0.2) is 0 Å². The Kier molecular flexibility index (Phi) is 2.14. The Morgan fingerprint density at radius 2 is 2.00 bits per heavy atom. The zero-order valence-electron chi connectivity index (χ0n) is 9.19. The normalized spacial score (nSPS) is 18.4. The van der Waals surface area contributed by atoms with Gasteiger partial charge >= 0.3 is 0 Å². The molecule has 1 aliphatic rings. The molecule has 0 N–H and O–H groups in total. The largest absolute Gasteiger partial charge is 0.102 e. The fraction of sp³-hybridized carbons (Fsp3) is 0.125. The second kappa shape index (κ2) is 3.64. The van der Waals surface area contributed by atoms with E-state index in [2.05, 4.69) is 61.2 Å². The number of hydrogen-bond donors (Lipinski definition) is 0. The predicted molar refractivity (Wildman–Crippen MR) is 70.5 cm³/mol.